The fraction of sp³-hybridized carbons (Fsp3) is 0.250. The van der Waals surface area contributed by atoms with Gasteiger partial charge in [0.05, 0.1) is 10.8 Å². The van der Waals surface area contributed by atoms with Crippen molar-refractivity contribution < 1.29 is 4.79 Å². The highest BCUT2D eigenvalue weighted by Gasteiger charge is 1.97. The summed E-state index contributed by atoms with van der Waals surface area (Å²) in [5.41, 5.74) is 6.09. The van der Waals surface area contributed by atoms with Crippen LogP contribution in [0.15, 0.2) is 23.4 Å². The maximum atomic E-state index is 10.4. The van der Waals surface area contributed by atoms with Gasteiger partial charge in [0.1, 0.15) is 0 Å². The van der Waals surface area contributed by atoms with Gasteiger partial charge in [-0.25, -0.2) is 4.98 Å². The highest BCUT2D eigenvalue weighted by atomic mass is 32.2. The second kappa shape index (κ2) is 4.11. The number of aromatic nitrogens is 1. The molecule has 12 heavy (non-hydrogen) atoms. The van der Waals surface area contributed by atoms with Crippen molar-refractivity contribution in [3.63, 3.8) is 0 Å². The predicted molar refractivity (Wildman–Crippen MR) is 48.9 cm³/mol. The molecule has 1 amide bonds. The fourth-order valence-corrected chi connectivity index (χ4v) is 1.27. The van der Waals surface area contributed by atoms with Crippen LogP contribution in [0.3, 0.4) is 0 Å². The SMILES string of the molecule is Cc1ccc(SCC(N)=O)nc1. The highest BCUT2D eigenvalue weighted by Crippen LogP contribution is 2.13. The summed E-state index contributed by atoms with van der Waals surface area (Å²) in [5.74, 6) is -0.0295. The van der Waals surface area contributed by atoms with Gasteiger partial charge in [-0.2, -0.15) is 0 Å². The van der Waals surface area contributed by atoms with Crippen LogP contribution in [0.4, 0.5) is 0 Å². The van der Waals surface area contributed by atoms with Gasteiger partial charge < -0.3 is 5.73 Å². The first-order valence-corrected chi connectivity index (χ1v) is 4.51. The van der Waals surface area contributed by atoms with Crippen molar-refractivity contribution in [1.82, 2.24) is 4.98 Å². The first kappa shape index (κ1) is 9.06. The molecule has 0 unspecified atom stereocenters. The van der Waals surface area contributed by atoms with Gasteiger partial charge in [-0.1, -0.05) is 17.8 Å². The maximum absolute atomic E-state index is 10.4. The molecule has 0 aliphatic carbocycles. The number of pyridine rings is 1. The third-order valence-corrected chi connectivity index (χ3v) is 2.21. The molecule has 1 rings (SSSR count). The summed E-state index contributed by atoms with van der Waals surface area (Å²) in [6, 6.07) is 3.83. The van der Waals surface area contributed by atoms with Crippen molar-refractivity contribution >= 4 is 17.7 Å². The molecular weight excluding hydrogens is 172 g/mol. The molecule has 0 bridgehead atoms. The van der Waals surface area contributed by atoms with Crippen molar-refractivity contribution in [3.05, 3.63) is 23.9 Å². The second-order valence-electron chi connectivity index (χ2n) is 2.43. The van der Waals surface area contributed by atoms with Crippen molar-refractivity contribution in [2.24, 2.45) is 5.73 Å². The Morgan fingerprint density at radius 2 is 2.42 bits per heavy atom. The monoisotopic (exact) mass is 182 g/mol. The molecule has 0 aromatic carbocycles. The normalized spacial score (nSPS) is 9.75. The van der Waals surface area contributed by atoms with Crippen LogP contribution in [0, 0.1) is 6.92 Å². The van der Waals surface area contributed by atoms with E-state index in [1.54, 1.807) is 6.20 Å². The van der Waals surface area contributed by atoms with Crippen LogP contribution < -0.4 is 5.73 Å². The van der Waals surface area contributed by atoms with Gasteiger partial charge >= 0.3 is 0 Å². The van der Waals surface area contributed by atoms with Crippen molar-refractivity contribution in [2.45, 2.75) is 11.9 Å². The number of amides is 1. The van der Waals surface area contributed by atoms with E-state index in [2.05, 4.69) is 4.98 Å². The summed E-state index contributed by atoms with van der Waals surface area (Å²) in [6.07, 6.45) is 1.77. The summed E-state index contributed by atoms with van der Waals surface area (Å²) in [6.45, 7) is 1.97. The number of thioether (sulfide) groups is 1. The van der Waals surface area contributed by atoms with E-state index in [1.807, 2.05) is 19.1 Å². The molecule has 1 aromatic heterocycles. The summed E-state index contributed by atoms with van der Waals surface area (Å²) >= 11 is 1.35. The topological polar surface area (TPSA) is 56.0 Å². The number of carbonyl (C=O) groups is 1. The number of hydrogen-bond donors (Lipinski definition) is 1. The van der Waals surface area contributed by atoms with Crippen molar-refractivity contribution in [2.75, 3.05) is 5.75 Å². The molecule has 0 saturated carbocycles. The molecule has 0 spiro atoms. The molecule has 0 fully saturated rings. The average molecular weight is 182 g/mol. The number of carbonyl (C=O) groups excluding carboxylic acids is 1. The fourth-order valence-electron chi connectivity index (χ4n) is 0.685. The zero-order valence-electron chi connectivity index (χ0n) is 6.78. The van der Waals surface area contributed by atoms with Crippen LogP contribution in [0.2, 0.25) is 0 Å². The summed E-state index contributed by atoms with van der Waals surface area (Å²) in [7, 11) is 0. The number of rotatable bonds is 3. The van der Waals surface area contributed by atoms with E-state index in [1.165, 1.54) is 11.8 Å². The lowest BCUT2D eigenvalue weighted by Crippen LogP contribution is -2.13. The number of nitrogens with two attached hydrogens (primary N) is 1. The van der Waals surface area contributed by atoms with Crippen LogP contribution in [-0.4, -0.2) is 16.6 Å². The minimum atomic E-state index is -0.317. The van der Waals surface area contributed by atoms with Crippen LogP contribution in [-0.2, 0) is 4.79 Å². The van der Waals surface area contributed by atoms with Gasteiger partial charge in [-0.3, -0.25) is 4.79 Å². The van der Waals surface area contributed by atoms with Gasteiger partial charge in [0.2, 0.25) is 5.91 Å². The Morgan fingerprint density at radius 3 is 2.92 bits per heavy atom. The Hall–Kier alpha value is -1.03. The largest absolute Gasteiger partial charge is 0.369 e. The van der Waals surface area contributed by atoms with E-state index in [9.17, 15) is 4.79 Å². The van der Waals surface area contributed by atoms with Gasteiger partial charge in [0.25, 0.3) is 0 Å². The van der Waals surface area contributed by atoms with E-state index < -0.39 is 0 Å². The Bertz CT molecular complexity index is 271. The molecule has 0 aliphatic rings. The van der Waals surface area contributed by atoms with E-state index in [0.717, 1.165) is 10.6 Å². The molecule has 0 saturated heterocycles. The summed E-state index contributed by atoms with van der Waals surface area (Å²) in [5, 5.41) is 0.833. The molecule has 0 aliphatic heterocycles. The van der Waals surface area contributed by atoms with Crippen LogP contribution in [0.25, 0.3) is 0 Å². The standard InChI is InChI=1S/C8H10N2OS/c1-6-2-3-8(10-4-6)12-5-7(9)11/h2-4H,5H2,1H3,(H2,9,11). The number of aryl methyl sites for hydroxylation is 1. The lowest BCUT2D eigenvalue weighted by Gasteiger charge is -1.97. The van der Waals surface area contributed by atoms with Crippen LogP contribution >= 0.6 is 11.8 Å². The summed E-state index contributed by atoms with van der Waals surface area (Å²) in [4.78, 5) is 14.5. The average Bonchev–Trinajstić information content (AvgIpc) is 2.03. The number of nitrogens with zero attached hydrogens (tertiary/aromatic N) is 1. The van der Waals surface area contributed by atoms with Crippen molar-refractivity contribution in [1.29, 1.82) is 0 Å². The molecule has 1 heterocycles. The quantitative estimate of drug-likeness (QED) is 0.708. The van der Waals surface area contributed by atoms with Gasteiger partial charge in [0, 0.05) is 6.20 Å². The number of primary amides is 1. The molecule has 0 atom stereocenters. The second-order valence-corrected chi connectivity index (χ2v) is 3.42. The Balaban J connectivity index is 2.53. The molecule has 64 valence electrons. The summed E-state index contributed by atoms with van der Waals surface area (Å²) < 4.78 is 0. The molecule has 1 aromatic rings. The van der Waals surface area contributed by atoms with Crippen LogP contribution in [0.5, 0.6) is 0 Å². The minimum absolute atomic E-state index is 0.288. The zero-order chi connectivity index (χ0) is 8.97. The van der Waals surface area contributed by atoms with Gasteiger partial charge in [-0.15, -0.1) is 0 Å². The minimum Gasteiger partial charge on any atom is -0.369 e. The van der Waals surface area contributed by atoms with E-state index >= 15 is 0 Å². The molecule has 3 nitrogen and oxygen atoms in total. The van der Waals surface area contributed by atoms with Gasteiger partial charge in [-0.05, 0) is 18.6 Å². The maximum Gasteiger partial charge on any atom is 0.227 e. The predicted octanol–water partition coefficient (Wildman–Crippen LogP) is 0.967. The first-order chi connectivity index (χ1) is 5.68. The zero-order valence-corrected chi connectivity index (χ0v) is 7.60. The molecule has 4 heteroatoms. The number of hydrogen-bond acceptors (Lipinski definition) is 3. The molecule has 2 N–H and O–H groups in total. The molecular formula is C8H10N2OS. The van der Waals surface area contributed by atoms with E-state index in [0.29, 0.717) is 0 Å². The lowest BCUT2D eigenvalue weighted by atomic mass is 10.3. The Labute approximate surface area is 75.4 Å². The Kier molecular flexibility index (Phi) is 3.10. The lowest BCUT2D eigenvalue weighted by molar-refractivity contribution is -0.115. The molecule has 0 radical (unpaired) electrons. The highest BCUT2D eigenvalue weighted by molar-refractivity contribution is 7.99. The first-order valence-electron chi connectivity index (χ1n) is 3.52. The van der Waals surface area contributed by atoms with E-state index in [-0.39, 0.29) is 11.7 Å². The smallest absolute Gasteiger partial charge is 0.227 e. The third kappa shape index (κ3) is 2.92. The van der Waals surface area contributed by atoms with Crippen LogP contribution in [0.1, 0.15) is 5.56 Å². The van der Waals surface area contributed by atoms with E-state index in [4.69, 9.17) is 5.73 Å². The Morgan fingerprint density at radius 1 is 1.67 bits per heavy atom. The van der Waals surface area contributed by atoms with Gasteiger partial charge in [0.15, 0.2) is 0 Å². The third-order valence-electron chi connectivity index (χ3n) is 1.25. The van der Waals surface area contributed by atoms with Crippen molar-refractivity contribution in [3.8, 4) is 0 Å².